The minimum Gasteiger partial charge on any atom is -0.459 e. The molecule has 0 amide bonds. The van der Waals surface area contributed by atoms with Gasteiger partial charge < -0.3 is 173 Å². The van der Waals surface area contributed by atoms with E-state index in [1.54, 1.807) is 0 Å². The first-order chi connectivity index (χ1) is 53.9. The Balaban J connectivity index is 0.764. The predicted molar refractivity (Wildman–Crippen MR) is 386 cm³/mol. The van der Waals surface area contributed by atoms with Gasteiger partial charge in [-0.3, -0.25) is 4.79 Å². The van der Waals surface area contributed by atoms with E-state index in [1.807, 2.05) is 0 Å². The molecule has 7 aliphatic heterocycles. The van der Waals surface area contributed by atoms with Gasteiger partial charge in [-0.15, -0.1) is 6.58 Å². The Morgan fingerprint density at radius 2 is 1.06 bits per heavy atom. The maximum atomic E-state index is 16.1. The average Bonchev–Trinajstić information content (AvgIpc) is 0.670. The van der Waals surface area contributed by atoms with E-state index in [9.17, 15) is 107 Å². The number of allylic oxidation sites excluding steroid dienone is 3. The van der Waals surface area contributed by atoms with Crippen molar-refractivity contribution >= 4 is 11.9 Å². The Bertz CT molecular complexity index is 3380. The number of hydrogen-bond donors (Lipinski definition) is 20. The molecule has 7 heterocycles. The van der Waals surface area contributed by atoms with Crippen LogP contribution in [0.1, 0.15) is 133 Å². The lowest BCUT2D eigenvalue weighted by molar-refractivity contribution is -0.379. The smallest absolute Gasteiger partial charge is 0.336 e. The van der Waals surface area contributed by atoms with Gasteiger partial charge in [0.25, 0.3) is 0 Å². The van der Waals surface area contributed by atoms with Crippen LogP contribution in [-0.4, -0.2) is 369 Å². The number of fused-ring (bicyclic) bond motifs is 7. The Morgan fingerprint density at radius 1 is 0.539 bits per heavy atom. The van der Waals surface area contributed by atoms with Crippen molar-refractivity contribution in [2.75, 3.05) is 46.2 Å². The fourth-order valence-corrected chi connectivity index (χ4v) is 20.9. The van der Waals surface area contributed by atoms with Gasteiger partial charge in [0.05, 0.1) is 69.1 Å². The highest BCUT2D eigenvalue weighted by Crippen LogP contribution is 2.76. The number of esters is 2. The second-order valence-corrected chi connectivity index (χ2v) is 36.4. The van der Waals surface area contributed by atoms with Crippen LogP contribution in [0, 0.1) is 50.2 Å². The summed E-state index contributed by atoms with van der Waals surface area (Å²) in [4.78, 5) is 29.7. The zero-order valence-corrected chi connectivity index (χ0v) is 66.3. The number of ether oxygens (including phenoxy) is 15. The summed E-state index contributed by atoms with van der Waals surface area (Å²) in [6, 6.07) is 0. The van der Waals surface area contributed by atoms with Crippen molar-refractivity contribution in [3.05, 3.63) is 36.0 Å². The quantitative estimate of drug-likeness (QED) is 0.0197. The SMILES string of the molecule is C=CC(C)(O)CC/C=C(\CO)C(=O)OC[C@H]1O[C@@H](OC(=O)[C@]23CCC(C)(C)C[C@H]2C2=CC[C@@H]4[C@@]5(C)CC[C@H](O[C@@H]6O[C@H](CO[C@@H]7OC[C@H](O)[C@H](O)[C@H]7O[C@@H]7OC[C@@H](O)[C@H](O)[C@H]7O)[C@@H](O)[C@H](O)[C@H]6O)C(C)(C)[C@@H]5CC[C@@]4(C)[C@]2(C)C[C@H]3O)[C@H](O[C@@H]2O[C@@H](C)[C@H](O[C@@H]3OC[C@@H](O)[C@H](O[C@@H]4OC[C@@H](O)[C@H](O)[C@H]4O)[C@H]3O)[C@@H](O)[C@H]2O)[C@@H](O)[C@@H]1O. The number of aliphatic hydroxyl groups is 20. The molecule has 4 saturated carbocycles. The maximum absolute atomic E-state index is 16.1. The standard InChI is InChI=1S/C78H124O37/c1-11-74(7,100)18-12-13-33(25-79)63(98)101-30-40-50(89)52(91)62(114-67-57(96)53(92)59(32(2)107-67)111-66-58(97)60(39(83)29-104-66)112-64-54(93)46(85)36(80)26-102-64)70(109-40)115-71(99)78-22-21-72(3,4)23-35(78)34-14-15-43-75(8)19-17-45(73(5,6)42(75)16-20-76(43,9)77(34,10)24-44(78)84)110-68-56(95)51(90)49(88)41(108-68)31-106-69-61(48(87)38(82)28-105-69)113-65-55(94)47(86)37(81)27-103-65/h11,13-14,32,35-62,64-70,79-97,100H,1,12,15-31H2,2-10H3/b33-13+/t32-,35-,36+,37+,38-,39+,40+,41+,42-,43+,44+,45-,46-,47-,48-,49+,50+,51-,52-,53-,54+,55+,56+,57+,58+,59-,60-,61+,62+,64-,65-,66-,67-,68-,69-,70-,74?,75-,76+,77+,78+/m0/s1. The highest BCUT2D eigenvalue weighted by atomic mass is 16.8. The second-order valence-electron chi connectivity index (χ2n) is 36.4. The molecule has 5 aliphatic carbocycles. The van der Waals surface area contributed by atoms with E-state index in [0.29, 0.717) is 44.9 Å². The van der Waals surface area contributed by atoms with Gasteiger partial charge in [0.2, 0.25) is 6.29 Å². The molecule has 0 aromatic carbocycles. The third-order valence-electron chi connectivity index (χ3n) is 28.3. The summed E-state index contributed by atoms with van der Waals surface area (Å²) in [7, 11) is 0. The lowest BCUT2D eigenvalue weighted by Crippen LogP contribution is -2.69. The van der Waals surface area contributed by atoms with Crippen LogP contribution in [0.2, 0.25) is 0 Å². The van der Waals surface area contributed by atoms with E-state index >= 15 is 4.79 Å². The summed E-state index contributed by atoms with van der Waals surface area (Å²) < 4.78 is 89.2. The molecule has 37 nitrogen and oxygen atoms in total. The van der Waals surface area contributed by atoms with Gasteiger partial charge in [0.15, 0.2) is 43.8 Å². The van der Waals surface area contributed by atoms with Crippen molar-refractivity contribution in [3.63, 3.8) is 0 Å². The lowest BCUT2D eigenvalue weighted by atomic mass is 9.33. The largest absolute Gasteiger partial charge is 0.459 e. The Labute approximate surface area is 666 Å². The lowest BCUT2D eigenvalue weighted by Gasteiger charge is -2.71. The number of carbonyl (C=O) groups excluding carboxylic acids is 2. The van der Waals surface area contributed by atoms with Gasteiger partial charge in [-0.05, 0) is 129 Å². The van der Waals surface area contributed by atoms with E-state index in [0.717, 1.165) is 5.57 Å². The molecule has 658 valence electrons. The topological polar surface area (TPSA) is 577 Å². The van der Waals surface area contributed by atoms with Crippen LogP contribution in [0.3, 0.4) is 0 Å². The van der Waals surface area contributed by atoms with Crippen molar-refractivity contribution in [1.82, 2.24) is 0 Å². The first-order valence-electron chi connectivity index (χ1n) is 40.2. The highest BCUT2D eigenvalue weighted by Gasteiger charge is 2.73. The van der Waals surface area contributed by atoms with Gasteiger partial charge >= 0.3 is 11.9 Å². The van der Waals surface area contributed by atoms with E-state index < -0.39 is 305 Å². The van der Waals surface area contributed by atoms with Crippen LogP contribution in [0.15, 0.2) is 36.0 Å². The Hall–Kier alpha value is -3.16. The zero-order valence-electron chi connectivity index (χ0n) is 66.3. The summed E-state index contributed by atoms with van der Waals surface area (Å²) >= 11 is 0. The highest BCUT2D eigenvalue weighted by molar-refractivity contribution is 5.88. The first-order valence-corrected chi connectivity index (χ1v) is 40.2. The molecular formula is C78H124O37. The summed E-state index contributed by atoms with van der Waals surface area (Å²) in [6.45, 7) is 17.5. The first kappa shape index (κ1) is 91.1. The molecule has 0 spiro atoms. The fraction of sp³-hybridized carbons (Fsp3) is 0.897. The molecule has 37 heteroatoms. The summed E-state index contributed by atoms with van der Waals surface area (Å²) in [5.41, 5.74) is -5.11. The summed E-state index contributed by atoms with van der Waals surface area (Å²) in [6.07, 6.45) is -46.4. The average molecular weight is 1650 g/mol. The maximum Gasteiger partial charge on any atom is 0.336 e. The zero-order chi connectivity index (χ0) is 84.0. The van der Waals surface area contributed by atoms with Crippen molar-refractivity contribution in [2.45, 2.75) is 341 Å². The Kier molecular flexibility index (Phi) is 27.9. The molecule has 0 radical (unpaired) electrons. The minimum absolute atomic E-state index is 0.0325. The molecule has 11 fully saturated rings. The van der Waals surface area contributed by atoms with Crippen molar-refractivity contribution in [2.24, 2.45) is 50.2 Å². The van der Waals surface area contributed by atoms with Crippen molar-refractivity contribution in [3.8, 4) is 0 Å². The molecule has 20 N–H and O–H groups in total. The summed E-state index contributed by atoms with van der Waals surface area (Å²) in [5, 5.41) is 222. The van der Waals surface area contributed by atoms with E-state index in [1.165, 1.54) is 26.0 Å². The number of rotatable bonds is 23. The molecular weight excluding hydrogens is 1530 g/mol. The third kappa shape index (κ3) is 17.3. The van der Waals surface area contributed by atoms with Crippen LogP contribution in [-0.2, 0) is 80.6 Å². The van der Waals surface area contributed by atoms with Crippen LogP contribution < -0.4 is 0 Å². The number of carbonyl (C=O) groups is 2. The summed E-state index contributed by atoms with van der Waals surface area (Å²) in [5.74, 6) is -2.81. The minimum atomic E-state index is -2.15. The second kappa shape index (κ2) is 35.2. The molecule has 41 atom stereocenters. The molecule has 0 aromatic heterocycles. The van der Waals surface area contributed by atoms with Gasteiger partial charge in [0.1, 0.15) is 146 Å². The van der Waals surface area contributed by atoms with Crippen LogP contribution >= 0.6 is 0 Å². The normalized spacial score (nSPS) is 50.5. The van der Waals surface area contributed by atoms with Gasteiger partial charge in [-0.1, -0.05) is 72.3 Å². The van der Waals surface area contributed by atoms with Gasteiger partial charge in [-0.25, -0.2) is 4.79 Å². The van der Waals surface area contributed by atoms with Crippen molar-refractivity contribution < 1.29 is 183 Å². The van der Waals surface area contributed by atoms with Crippen LogP contribution in [0.5, 0.6) is 0 Å². The van der Waals surface area contributed by atoms with Crippen LogP contribution in [0.4, 0.5) is 0 Å². The molecule has 0 aromatic rings. The number of aliphatic hydroxyl groups excluding tert-OH is 19. The molecule has 0 bridgehead atoms. The predicted octanol–water partition coefficient (Wildman–Crippen LogP) is -4.82. The fourth-order valence-electron chi connectivity index (χ4n) is 20.9. The van der Waals surface area contributed by atoms with Crippen LogP contribution in [0.25, 0.3) is 0 Å². The van der Waals surface area contributed by atoms with E-state index in [-0.39, 0.29) is 43.1 Å². The van der Waals surface area contributed by atoms with Gasteiger partial charge in [-0.2, -0.15) is 0 Å². The van der Waals surface area contributed by atoms with Crippen molar-refractivity contribution in [1.29, 1.82) is 0 Å². The molecule has 1 unspecified atom stereocenters. The monoisotopic (exact) mass is 1650 g/mol. The Morgan fingerprint density at radius 3 is 1.70 bits per heavy atom. The van der Waals surface area contributed by atoms with E-state index in [4.69, 9.17) is 71.1 Å². The molecule has 115 heavy (non-hydrogen) atoms. The molecule has 12 aliphatic rings. The number of hydrogen-bond acceptors (Lipinski definition) is 37. The molecule has 12 rings (SSSR count). The van der Waals surface area contributed by atoms with Gasteiger partial charge in [0, 0.05) is 0 Å². The van der Waals surface area contributed by atoms with E-state index in [2.05, 4.69) is 61.1 Å². The molecule has 7 saturated heterocycles. The third-order valence-corrected chi connectivity index (χ3v) is 28.3.